The highest BCUT2D eigenvalue weighted by atomic mass is 16.1. The first-order chi connectivity index (χ1) is 6.98. The van der Waals surface area contributed by atoms with Crippen LogP contribution in [0.3, 0.4) is 0 Å². The summed E-state index contributed by atoms with van der Waals surface area (Å²) < 4.78 is 1.72. The summed E-state index contributed by atoms with van der Waals surface area (Å²) in [6.07, 6.45) is 1.84. The number of hydrogen-bond acceptors (Lipinski definition) is 3. The summed E-state index contributed by atoms with van der Waals surface area (Å²) in [6.45, 7) is 6.78. The molecule has 0 spiro atoms. The van der Waals surface area contributed by atoms with E-state index < -0.39 is 5.54 Å². The predicted octanol–water partition coefficient (Wildman–Crippen LogP) is 0.0450. The number of nitrogens with two attached hydrogens (primary N) is 1. The number of carbonyl (C=O) groups is 1. The quantitative estimate of drug-likeness (QED) is 0.721. The van der Waals surface area contributed by atoms with Gasteiger partial charge in [-0.05, 0) is 26.5 Å². The third kappa shape index (κ3) is 2.79. The average molecular weight is 210 g/mol. The van der Waals surface area contributed by atoms with Crippen molar-refractivity contribution in [3.05, 3.63) is 18.0 Å². The first-order valence-electron chi connectivity index (χ1n) is 5.03. The summed E-state index contributed by atoms with van der Waals surface area (Å²) in [7, 11) is 0. The fraction of sp³-hybridized carbons (Fsp3) is 0.600. The van der Waals surface area contributed by atoms with E-state index in [1.54, 1.807) is 11.6 Å². The number of hydrogen-bond donors (Lipinski definition) is 2. The van der Waals surface area contributed by atoms with Crippen LogP contribution >= 0.6 is 0 Å². The second-order valence-corrected chi connectivity index (χ2v) is 3.88. The molecule has 0 aliphatic heterocycles. The molecule has 1 aromatic rings. The fourth-order valence-corrected chi connectivity index (χ4v) is 1.49. The van der Waals surface area contributed by atoms with E-state index in [1.807, 2.05) is 26.1 Å². The molecule has 0 aliphatic rings. The Labute approximate surface area is 89.6 Å². The Balaban J connectivity index is 2.79. The van der Waals surface area contributed by atoms with E-state index >= 15 is 0 Å². The molecule has 84 valence electrons. The van der Waals surface area contributed by atoms with Crippen molar-refractivity contribution in [2.45, 2.75) is 32.9 Å². The highest BCUT2D eigenvalue weighted by Gasteiger charge is 2.30. The normalized spacial score (nSPS) is 14.9. The van der Waals surface area contributed by atoms with Crippen LogP contribution in [0.2, 0.25) is 0 Å². The zero-order valence-corrected chi connectivity index (χ0v) is 9.45. The van der Waals surface area contributed by atoms with Crippen LogP contribution in [-0.2, 0) is 11.3 Å². The summed E-state index contributed by atoms with van der Waals surface area (Å²) in [4.78, 5) is 11.3. The highest BCUT2D eigenvalue weighted by Crippen LogP contribution is 2.07. The highest BCUT2D eigenvalue weighted by molar-refractivity contribution is 5.84. The molecule has 1 aromatic heterocycles. The topological polar surface area (TPSA) is 72.9 Å². The molecule has 0 radical (unpaired) electrons. The van der Waals surface area contributed by atoms with Crippen LogP contribution in [0.4, 0.5) is 0 Å². The summed E-state index contributed by atoms with van der Waals surface area (Å²) in [5.74, 6) is -0.363. The van der Waals surface area contributed by atoms with Gasteiger partial charge in [-0.3, -0.25) is 9.48 Å². The van der Waals surface area contributed by atoms with E-state index in [2.05, 4.69) is 10.4 Å². The Bertz CT molecular complexity index is 347. The minimum Gasteiger partial charge on any atom is -0.368 e. The summed E-state index contributed by atoms with van der Waals surface area (Å²) in [5.41, 5.74) is 5.56. The van der Waals surface area contributed by atoms with E-state index in [0.29, 0.717) is 13.1 Å². The van der Waals surface area contributed by atoms with Gasteiger partial charge in [-0.15, -0.1) is 0 Å². The van der Waals surface area contributed by atoms with Gasteiger partial charge in [0.1, 0.15) is 5.54 Å². The van der Waals surface area contributed by atoms with Gasteiger partial charge >= 0.3 is 0 Å². The van der Waals surface area contributed by atoms with Crippen molar-refractivity contribution in [1.82, 2.24) is 15.1 Å². The van der Waals surface area contributed by atoms with E-state index in [0.717, 1.165) is 5.69 Å². The van der Waals surface area contributed by atoms with Crippen molar-refractivity contribution in [2.24, 2.45) is 5.73 Å². The minimum absolute atomic E-state index is 0.363. The molecule has 5 nitrogen and oxygen atoms in total. The smallest absolute Gasteiger partial charge is 0.239 e. The van der Waals surface area contributed by atoms with E-state index in [4.69, 9.17) is 5.73 Å². The summed E-state index contributed by atoms with van der Waals surface area (Å²) >= 11 is 0. The monoisotopic (exact) mass is 210 g/mol. The lowest BCUT2D eigenvalue weighted by molar-refractivity contribution is -0.124. The molecule has 15 heavy (non-hydrogen) atoms. The number of rotatable bonds is 5. The van der Waals surface area contributed by atoms with Crippen LogP contribution in [0.15, 0.2) is 12.3 Å². The van der Waals surface area contributed by atoms with Crippen LogP contribution in [0.1, 0.15) is 19.5 Å². The summed E-state index contributed by atoms with van der Waals surface area (Å²) in [5, 5.41) is 7.31. The maximum atomic E-state index is 11.3. The maximum Gasteiger partial charge on any atom is 0.239 e. The molecule has 0 saturated carbocycles. The molecule has 0 saturated heterocycles. The second kappa shape index (κ2) is 4.44. The van der Waals surface area contributed by atoms with Gasteiger partial charge in [-0.1, -0.05) is 6.92 Å². The molecule has 0 aliphatic carbocycles. The Hall–Kier alpha value is -1.36. The molecular formula is C10H18N4O. The first-order valence-corrected chi connectivity index (χ1v) is 5.03. The number of aromatic nitrogens is 2. The van der Waals surface area contributed by atoms with Crippen LogP contribution in [0, 0.1) is 6.92 Å². The lowest BCUT2D eigenvalue weighted by atomic mass is 10.0. The van der Waals surface area contributed by atoms with Crippen molar-refractivity contribution in [3.63, 3.8) is 0 Å². The Morgan fingerprint density at radius 2 is 2.40 bits per heavy atom. The Morgan fingerprint density at radius 1 is 1.73 bits per heavy atom. The molecule has 3 N–H and O–H groups in total. The third-order valence-corrected chi connectivity index (χ3v) is 2.36. The number of primary amides is 1. The van der Waals surface area contributed by atoms with Gasteiger partial charge in [0.05, 0.1) is 12.2 Å². The van der Waals surface area contributed by atoms with Crippen molar-refractivity contribution in [2.75, 3.05) is 6.54 Å². The van der Waals surface area contributed by atoms with Gasteiger partial charge in [0.15, 0.2) is 0 Å². The second-order valence-electron chi connectivity index (χ2n) is 3.88. The van der Waals surface area contributed by atoms with Crippen LogP contribution in [0.25, 0.3) is 0 Å². The number of nitrogens with zero attached hydrogens (tertiary/aromatic N) is 2. The molecule has 0 aromatic carbocycles. The molecule has 1 heterocycles. The zero-order valence-electron chi connectivity index (χ0n) is 9.45. The first kappa shape index (κ1) is 11.7. The largest absolute Gasteiger partial charge is 0.368 e. The number of nitrogens with one attached hydrogen (secondary N) is 1. The molecule has 1 amide bonds. The molecule has 1 rings (SSSR count). The number of carbonyl (C=O) groups excluding carboxylic acids is 1. The van der Waals surface area contributed by atoms with Gasteiger partial charge in [-0.2, -0.15) is 5.10 Å². The molecular weight excluding hydrogens is 192 g/mol. The van der Waals surface area contributed by atoms with Crippen molar-refractivity contribution >= 4 is 5.91 Å². The standard InChI is InChI=1S/C10H18N4O/c1-4-12-10(3,9(11)15)7-14-6-5-8(2)13-14/h5-6,12H,4,7H2,1-3H3,(H2,11,15). The Morgan fingerprint density at radius 3 is 2.80 bits per heavy atom. The van der Waals surface area contributed by atoms with E-state index in [-0.39, 0.29) is 5.91 Å². The van der Waals surface area contributed by atoms with Gasteiger partial charge < -0.3 is 11.1 Å². The lowest BCUT2D eigenvalue weighted by Crippen LogP contribution is -2.55. The van der Waals surface area contributed by atoms with Crippen LogP contribution in [0.5, 0.6) is 0 Å². The van der Waals surface area contributed by atoms with Gasteiger partial charge in [0, 0.05) is 6.20 Å². The molecule has 0 fully saturated rings. The van der Waals surface area contributed by atoms with E-state index in [9.17, 15) is 4.79 Å². The van der Waals surface area contributed by atoms with Crippen molar-refractivity contribution in [1.29, 1.82) is 0 Å². The van der Waals surface area contributed by atoms with Crippen LogP contribution < -0.4 is 11.1 Å². The van der Waals surface area contributed by atoms with Gasteiger partial charge in [0.25, 0.3) is 0 Å². The molecule has 1 unspecified atom stereocenters. The van der Waals surface area contributed by atoms with Gasteiger partial charge in [0.2, 0.25) is 5.91 Å². The number of likely N-dealkylation sites (N-methyl/N-ethyl adjacent to an activating group) is 1. The summed E-state index contributed by atoms with van der Waals surface area (Å²) in [6, 6.07) is 1.90. The van der Waals surface area contributed by atoms with Crippen molar-refractivity contribution in [3.8, 4) is 0 Å². The Kier molecular flexibility index (Phi) is 3.47. The molecule has 1 atom stereocenters. The fourth-order valence-electron chi connectivity index (χ4n) is 1.49. The average Bonchev–Trinajstić information content (AvgIpc) is 2.51. The number of aryl methyl sites for hydroxylation is 1. The predicted molar refractivity (Wildman–Crippen MR) is 58.2 cm³/mol. The minimum atomic E-state index is -0.743. The van der Waals surface area contributed by atoms with E-state index in [1.165, 1.54) is 0 Å². The SMILES string of the molecule is CCNC(C)(Cn1ccc(C)n1)C(N)=O. The third-order valence-electron chi connectivity index (χ3n) is 2.36. The lowest BCUT2D eigenvalue weighted by Gasteiger charge is -2.26. The van der Waals surface area contributed by atoms with Crippen LogP contribution in [-0.4, -0.2) is 27.8 Å². The maximum absolute atomic E-state index is 11.3. The zero-order chi connectivity index (χ0) is 11.5. The van der Waals surface area contributed by atoms with Gasteiger partial charge in [-0.25, -0.2) is 0 Å². The number of amides is 1. The molecule has 0 bridgehead atoms. The molecule has 5 heteroatoms. The van der Waals surface area contributed by atoms with Crippen molar-refractivity contribution < 1.29 is 4.79 Å².